The Labute approximate surface area is 362 Å². The maximum atomic E-state index is 6.11. The monoisotopic (exact) mass is 790 g/mol. The maximum Gasteiger partial charge on any atom is 0.0979 e. The molecule has 0 bridgehead atoms. The van der Waals surface area contributed by atoms with Crippen molar-refractivity contribution in [3.05, 3.63) is 249 Å². The molecule has 0 aromatic heterocycles. The van der Waals surface area contributed by atoms with E-state index in [9.17, 15) is 0 Å². The summed E-state index contributed by atoms with van der Waals surface area (Å²) in [5.41, 5.74) is 18.5. The molecule has 0 spiro atoms. The van der Waals surface area contributed by atoms with E-state index in [0.29, 0.717) is 0 Å². The fraction of sp³-hybridized carbons (Fsp3) is 0.186. The fourth-order valence-electron chi connectivity index (χ4n) is 9.67. The molecule has 61 heavy (non-hydrogen) atoms. The van der Waals surface area contributed by atoms with Gasteiger partial charge in [-0.2, -0.15) is 0 Å². The van der Waals surface area contributed by atoms with Crippen molar-refractivity contribution in [2.45, 2.75) is 71.6 Å². The second-order valence-corrected chi connectivity index (χ2v) is 16.8. The SMILES string of the molecule is CCCCCCc1cc(C)cc(C)c1N=C1C(=Nc2c(C(c3ccccc3)c3ccccc3)cc(C)cc2C(c2ccccc2)c2ccccc2)c2cccc3cccc1c23. The molecule has 8 aromatic carbocycles. The lowest BCUT2D eigenvalue weighted by Crippen LogP contribution is -2.14. The van der Waals surface area contributed by atoms with Gasteiger partial charge in [-0.05, 0) is 83.5 Å². The van der Waals surface area contributed by atoms with E-state index in [4.69, 9.17) is 9.98 Å². The molecule has 0 saturated heterocycles. The summed E-state index contributed by atoms with van der Waals surface area (Å²) in [4.78, 5) is 11.9. The van der Waals surface area contributed by atoms with E-state index in [1.165, 1.54) is 85.7 Å². The molecule has 2 heteroatoms. The van der Waals surface area contributed by atoms with E-state index in [2.05, 4.69) is 210 Å². The van der Waals surface area contributed by atoms with Gasteiger partial charge in [0, 0.05) is 28.3 Å². The van der Waals surface area contributed by atoms with Gasteiger partial charge in [-0.1, -0.05) is 219 Å². The zero-order valence-corrected chi connectivity index (χ0v) is 35.9. The Morgan fingerprint density at radius 2 is 0.869 bits per heavy atom. The van der Waals surface area contributed by atoms with Crippen molar-refractivity contribution < 1.29 is 0 Å². The Kier molecular flexibility index (Phi) is 11.7. The third-order valence-electron chi connectivity index (χ3n) is 12.4. The van der Waals surface area contributed by atoms with Crippen LogP contribution in [-0.4, -0.2) is 11.4 Å². The van der Waals surface area contributed by atoms with Gasteiger partial charge >= 0.3 is 0 Å². The lowest BCUT2D eigenvalue weighted by molar-refractivity contribution is 0.667. The Hall–Kier alpha value is -6.64. The number of rotatable bonds is 13. The number of nitrogens with zero attached hydrogens (tertiary/aromatic N) is 2. The predicted octanol–water partition coefficient (Wildman–Crippen LogP) is 15.5. The standard InChI is InChI=1S/C59H54N2/c1-5-6-7-12-31-48-37-40(2)36-42(4)56(48)60-58-49-34-21-32-47-33-22-35-50(55(47)49)59(58)61-57-51(53(43-23-13-8-14-24-43)44-25-15-9-16-26-44)38-41(3)39-52(57)54(45-27-17-10-18-28-45)46-29-19-11-20-30-46/h8-11,13-30,32-39,53-54H,5-7,12,31H2,1-4H3. The number of aliphatic imine (C=N–C) groups is 2. The maximum absolute atomic E-state index is 6.11. The molecule has 9 rings (SSSR count). The summed E-state index contributed by atoms with van der Waals surface area (Å²) < 4.78 is 0. The summed E-state index contributed by atoms with van der Waals surface area (Å²) in [7, 11) is 0. The molecule has 300 valence electrons. The van der Waals surface area contributed by atoms with E-state index in [-0.39, 0.29) is 11.8 Å². The second kappa shape index (κ2) is 17.9. The second-order valence-electron chi connectivity index (χ2n) is 16.8. The highest BCUT2D eigenvalue weighted by Crippen LogP contribution is 2.47. The molecule has 0 atom stereocenters. The fourth-order valence-corrected chi connectivity index (χ4v) is 9.67. The van der Waals surface area contributed by atoms with Crippen LogP contribution in [0.15, 0.2) is 192 Å². The smallest absolute Gasteiger partial charge is 0.0979 e. The highest BCUT2D eigenvalue weighted by atomic mass is 14.9. The van der Waals surface area contributed by atoms with Crippen LogP contribution >= 0.6 is 0 Å². The number of benzene rings is 8. The quantitative estimate of drug-likeness (QED) is 0.0821. The molecule has 0 amide bonds. The molecule has 0 saturated carbocycles. The van der Waals surface area contributed by atoms with E-state index < -0.39 is 0 Å². The van der Waals surface area contributed by atoms with Crippen LogP contribution in [0.5, 0.6) is 0 Å². The van der Waals surface area contributed by atoms with Crippen LogP contribution in [0.4, 0.5) is 11.4 Å². The molecule has 1 aliphatic rings. The van der Waals surface area contributed by atoms with E-state index in [0.717, 1.165) is 46.8 Å². The topological polar surface area (TPSA) is 24.7 Å². The highest BCUT2D eigenvalue weighted by molar-refractivity contribution is 6.61. The molecule has 0 aliphatic heterocycles. The van der Waals surface area contributed by atoms with Gasteiger partial charge in [-0.15, -0.1) is 0 Å². The minimum Gasteiger partial charge on any atom is -0.246 e. The summed E-state index contributed by atoms with van der Waals surface area (Å²) in [6.45, 7) is 8.96. The first kappa shape index (κ1) is 39.8. The van der Waals surface area contributed by atoms with Crippen LogP contribution in [-0.2, 0) is 6.42 Å². The summed E-state index contributed by atoms with van der Waals surface area (Å²) >= 11 is 0. The van der Waals surface area contributed by atoms with Crippen molar-refractivity contribution in [1.29, 1.82) is 0 Å². The summed E-state index contributed by atoms with van der Waals surface area (Å²) in [6.07, 6.45) is 5.87. The minimum atomic E-state index is -0.0679. The molecule has 0 radical (unpaired) electrons. The van der Waals surface area contributed by atoms with Crippen LogP contribution in [0, 0.1) is 20.8 Å². The molecular formula is C59H54N2. The Balaban J connectivity index is 1.38. The average molecular weight is 791 g/mol. The third kappa shape index (κ3) is 8.16. The van der Waals surface area contributed by atoms with Crippen molar-refractivity contribution in [1.82, 2.24) is 0 Å². The summed E-state index contributed by atoms with van der Waals surface area (Å²) in [6, 6.07) is 66.6. The van der Waals surface area contributed by atoms with Gasteiger partial charge in [-0.25, -0.2) is 9.98 Å². The number of hydrogen-bond donors (Lipinski definition) is 0. The van der Waals surface area contributed by atoms with Crippen molar-refractivity contribution in [2.24, 2.45) is 9.98 Å². The third-order valence-corrected chi connectivity index (χ3v) is 12.4. The lowest BCUT2D eigenvalue weighted by atomic mass is 9.78. The highest BCUT2D eigenvalue weighted by Gasteiger charge is 2.32. The molecule has 8 aromatic rings. The van der Waals surface area contributed by atoms with Gasteiger partial charge in [0.25, 0.3) is 0 Å². The van der Waals surface area contributed by atoms with Crippen LogP contribution in [0.2, 0.25) is 0 Å². The van der Waals surface area contributed by atoms with Crippen molar-refractivity contribution in [3.63, 3.8) is 0 Å². The Morgan fingerprint density at radius 3 is 1.33 bits per heavy atom. The molecule has 0 unspecified atom stereocenters. The Bertz CT molecular complexity index is 2670. The van der Waals surface area contributed by atoms with E-state index in [1.807, 2.05) is 0 Å². The number of aryl methyl sites for hydroxylation is 4. The van der Waals surface area contributed by atoms with Crippen LogP contribution < -0.4 is 0 Å². The number of hydrogen-bond acceptors (Lipinski definition) is 2. The minimum absolute atomic E-state index is 0.0679. The van der Waals surface area contributed by atoms with Gasteiger partial charge in [-0.3, -0.25) is 0 Å². The van der Waals surface area contributed by atoms with Gasteiger partial charge < -0.3 is 0 Å². The van der Waals surface area contributed by atoms with Crippen LogP contribution in [0.3, 0.4) is 0 Å². The van der Waals surface area contributed by atoms with Crippen LogP contribution in [0.1, 0.15) is 111 Å². The molecular weight excluding hydrogens is 737 g/mol. The van der Waals surface area contributed by atoms with Crippen molar-refractivity contribution in [3.8, 4) is 0 Å². The summed E-state index contributed by atoms with van der Waals surface area (Å²) in [5, 5.41) is 2.42. The van der Waals surface area contributed by atoms with E-state index >= 15 is 0 Å². The normalized spacial score (nSPS) is 13.6. The van der Waals surface area contributed by atoms with Crippen molar-refractivity contribution in [2.75, 3.05) is 0 Å². The molecule has 1 aliphatic carbocycles. The largest absolute Gasteiger partial charge is 0.246 e. The number of unbranched alkanes of at least 4 members (excludes halogenated alkanes) is 3. The Morgan fingerprint density at radius 1 is 0.426 bits per heavy atom. The van der Waals surface area contributed by atoms with Gasteiger partial charge in [0.05, 0.1) is 22.8 Å². The zero-order chi connectivity index (χ0) is 41.7. The molecule has 2 nitrogen and oxygen atoms in total. The first-order chi connectivity index (χ1) is 30.0. The molecule has 0 N–H and O–H groups in total. The van der Waals surface area contributed by atoms with Gasteiger partial charge in [0.1, 0.15) is 0 Å². The first-order valence-electron chi connectivity index (χ1n) is 22.1. The molecule has 0 fully saturated rings. The van der Waals surface area contributed by atoms with E-state index in [1.54, 1.807) is 0 Å². The zero-order valence-electron chi connectivity index (χ0n) is 35.9. The first-order valence-corrected chi connectivity index (χ1v) is 22.1. The van der Waals surface area contributed by atoms with Crippen molar-refractivity contribution >= 4 is 33.6 Å². The van der Waals surface area contributed by atoms with Gasteiger partial charge in [0.2, 0.25) is 0 Å². The lowest BCUT2D eigenvalue weighted by Gasteiger charge is -2.27. The van der Waals surface area contributed by atoms with Gasteiger partial charge in [0.15, 0.2) is 0 Å². The van der Waals surface area contributed by atoms with Crippen LogP contribution in [0.25, 0.3) is 10.8 Å². The summed E-state index contributed by atoms with van der Waals surface area (Å²) in [5.74, 6) is -0.136. The average Bonchev–Trinajstić information content (AvgIpc) is 3.58. The molecule has 0 heterocycles. The predicted molar refractivity (Wildman–Crippen MR) is 259 cm³/mol.